The van der Waals surface area contributed by atoms with Crippen LogP contribution in [0.15, 0.2) is 35.9 Å². The van der Waals surface area contributed by atoms with E-state index in [0.717, 1.165) is 36.8 Å². The molecular formula is C61H89ClN4O17. The number of carbonyl (C=O) groups is 6. The molecule has 3 fully saturated rings. The van der Waals surface area contributed by atoms with E-state index in [1.807, 2.05) is 13.0 Å². The van der Waals surface area contributed by atoms with Crippen molar-refractivity contribution in [2.45, 2.75) is 159 Å². The highest BCUT2D eigenvalue weighted by atomic mass is 35.5. The van der Waals surface area contributed by atoms with Gasteiger partial charge >= 0.3 is 18.0 Å². The molecule has 2 unspecified atom stereocenters. The number of amides is 4. The number of allylic oxidation sites excluding steroid dienone is 3. The number of rotatable bonds is 29. The minimum atomic E-state index is -1.86. The highest BCUT2D eigenvalue weighted by Crippen LogP contribution is 2.53. The first-order valence-corrected chi connectivity index (χ1v) is 29.7. The number of fused-ring (bicyclic) bond motifs is 6. The van der Waals surface area contributed by atoms with Crippen molar-refractivity contribution in [3.63, 3.8) is 0 Å². The van der Waals surface area contributed by atoms with E-state index in [9.17, 15) is 33.9 Å². The van der Waals surface area contributed by atoms with Gasteiger partial charge in [0.1, 0.15) is 40.7 Å². The number of hydrogen-bond acceptors (Lipinski definition) is 17. The van der Waals surface area contributed by atoms with Gasteiger partial charge in [0.15, 0.2) is 5.72 Å². The van der Waals surface area contributed by atoms with Crippen molar-refractivity contribution in [3.05, 3.63) is 46.5 Å². The first-order chi connectivity index (χ1) is 39.8. The standard InChI is InChI=1S/C61H89ClN4O17/c1-40-18-16-21-50(75-8)61(73)38-49(81-59(72)64-61)41(2)57-60(4,83-57)51(37-54(69)66(6)47-35-43(34-40)36-48(74-7)56(47)62)82-58(71)42(3)65(5)53(68)22-14-11-15-25-63-52(67)24-27-77-29-31-79-33-32-78-30-28-76-26-17-23-55(70)80-39-46-44-19-12-9-10-13-20-45(44)46/h16,18,21,35-36,41-42,44-46,49-51,57,73H,11-15,17,19-20,22-34,37-39H2,1-8H3,(H,63,67)(H,64,72)/b21-16+,40-18+/t41-,42+,44-,45+,46?,49+,50-,51+,57?,60-,61+/m1/s1. The monoisotopic (exact) mass is 1180 g/mol. The SMILES string of the molecule is COc1cc2cc(c1Cl)N(C)C(=O)C[C@H](OC(=O)[C@H](C)N(C)C(=O)CCCCCNC(=O)CCOCCOCCOCCOCCCC(=O)OCC1[C@H]3CCC#CCC[C@@H]13)[C@@]1(C)OC1[C@H](C)[C@@H]1C[C@@](O)(NC(=O)O1)[C@H](OC)/C=C/C=C(\C)C2. The van der Waals surface area contributed by atoms with E-state index in [-0.39, 0.29) is 55.1 Å². The number of esters is 2. The molecule has 1 saturated carbocycles. The molecular weight excluding hydrogens is 1100 g/mol. The van der Waals surface area contributed by atoms with E-state index < -0.39 is 65.7 Å². The maximum atomic E-state index is 14.3. The number of alkyl carbamates (subject to hydrolysis) is 1. The Kier molecular flexibility index (Phi) is 26.4. The Hall–Kier alpha value is -5.31. The molecule has 2 saturated heterocycles. The van der Waals surface area contributed by atoms with Gasteiger partial charge in [0, 0.05) is 78.8 Å². The van der Waals surface area contributed by atoms with Crippen LogP contribution in [0.1, 0.15) is 117 Å². The van der Waals surface area contributed by atoms with Crippen molar-refractivity contribution in [1.29, 1.82) is 0 Å². The zero-order valence-corrected chi connectivity index (χ0v) is 50.6. The highest BCUT2D eigenvalue weighted by Gasteiger charge is 2.64. The van der Waals surface area contributed by atoms with Crippen LogP contribution in [-0.4, -0.2) is 182 Å². The third-order valence-corrected chi connectivity index (χ3v) is 16.8. The van der Waals surface area contributed by atoms with E-state index in [1.165, 1.54) is 31.1 Å². The fourth-order valence-electron chi connectivity index (χ4n) is 11.1. The molecule has 0 aromatic heterocycles. The van der Waals surface area contributed by atoms with Crippen molar-refractivity contribution in [3.8, 4) is 17.6 Å². The van der Waals surface area contributed by atoms with Gasteiger partial charge in [-0.1, -0.05) is 48.7 Å². The lowest BCUT2D eigenvalue weighted by Gasteiger charge is -2.42. The topological polar surface area (TPSA) is 249 Å². The van der Waals surface area contributed by atoms with Crippen LogP contribution in [0.3, 0.4) is 0 Å². The minimum Gasteiger partial charge on any atom is -0.495 e. The number of nitrogens with one attached hydrogen (secondary N) is 2. The summed E-state index contributed by atoms with van der Waals surface area (Å²) >= 11 is 6.82. The summed E-state index contributed by atoms with van der Waals surface area (Å²) in [5, 5.41) is 17.5. The second-order valence-corrected chi connectivity index (χ2v) is 22.9. The molecule has 22 heteroatoms. The third kappa shape index (κ3) is 19.9. The van der Waals surface area contributed by atoms with Crippen LogP contribution in [0.5, 0.6) is 5.75 Å². The molecule has 21 nitrogen and oxygen atoms in total. The molecule has 3 aliphatic heterocycles. The predicted octanol–water partition coefficient (Wildman–Crippen LogP) is 6.41. The number of ether oxygens (including phenoxy) is 10. The van der Waals surface area contributed by atoms with Crippen molar-refractivity contribution in [1.82, 2.24) is 15.5 Å². The van der Waals surface area contributed by atoms with Crippen molar-refractivity contribution >= 4 is 53.0 Å². The molecule has 1 aromatic rings. The zero-order chi connectivity index (χ0) is 60.1. The molecule has 462 valence electrons. The normalized spacial score (nSPS) is 28.1. The van der Waals surface area contributed by atoms with Crippen LogP contribution in [0, 0.1) is 35.5 Å². The summed E-state index contributed by atoms with van der Waals surface area (Å²) in [5.41, 5.74) is -1.07. The second kappa shape index (κ2) is 32.8. The predicted molar refractivity (Wildman–Crippen MR) is 307 cm³/mol. The maximum absolute atomic E-state index is 14.3. The maximum Gasteiger partial charge on any atom is 0.409 e. The molecule has 3 N–H and O–H groups in total. The lowest BCUT2D eigenvalue weighted by Crippen LogP contribution is -2.63. The van der Waals surface area contributed by atoms with Gasteiger partial charge in [0.25, 0.3) is 0 Å². The molecule has 1 aromatic carbocycles. The first-order valence-electron chi connectivity index (χ1n) is 29.3. The minimum absolute atomic E-state index is 0.0794. The van der Waals surface area contributed by atoms with Gasteiger partial charge in [-0.15, -0.1) is 11.8 Å². The zero-order valence-electron chi connectivity index (χ0n) is 49.8. The van der Waals surface area contributed by atoms with Crippen LogP contribution in [0.25, 0.3) is 0 Å². The molecule has 0 spiro atoms. The average molecular weight is 1190 g/mol. The van der Waals surface area contributed by atoms with Gasteiger partial charge < -0.3 is 67.6 Å². The van der Waals surface area contributed by atoms with Gasteiger partial charge in [-0.05, 0) is 94.7 Å². The fraction of sp³-hybridized carbons (Fsp3) is 0.705. The number of nitrogens with zero attached hydrogens (tertiary/aromatic N) is 2. The number of benzene rings is 1. The summed E-state index contributed by atoms with van der Waals surface area (Å²) in [6.07, 6.45) is 7.84. The summed E-state index contributed by atoms with van der Waals surface area (Å²) in [6, 6.07) is 2.52. The molecule has 4 amide bonds. The largest absolute Gasteiger partial charge is 0.495 e. The molecule has 0 radical (unpaired) electrons. The summed E-state index contributed by atoms with van der Waals surface area (Å²) in [7, 11) is 5.99. The fourth-order valence-corrected chi connectivity index (χ4v) is 11.4. The van der Waals surface area contributed by atoms with Gasteiger partial charge in [-0.25, -0.2) is 9.59 Å². The molecule has 11 atom stereocenters. The number of hydrogen-bond donors (Lipinski definition) is 3. The first kappa shape index (κ1) is 66.8. The number of anilines is 1. The van der Waals surface area contributed by atoms with E-state index in [2.05, 4.69) is 22.5 Å². The van der Waals surface area contributed by atoms with Gasteiger partial charge in [0.2, 0.25) is 17.7 Å². The van der Waals surface area contributed by atoms with E-state index in [0.29, 0.717) is 127 Å². The Balaban J connectivity index is 0.854. The number of aliphatic hydroxyl groups is 1. The second-order valence-electron chi connectivity index (χ2n) is 22.5. The Morgan fingerprint density at radius 2 is 1.59 bits per heavy atom. The van der Waals surface area contributed by atoms with E-state index in [1.54, 1.807) is 52.1 Å². The molecule has 3 heterocycles. The van der Waals surface area contributed by atoms with E-state index in [4.69, 9.17) is 59.0 Å². The molecule has 2 aliphatic carbocycles. The van der Waals surface area contributed by atoms with Crippen molar-refractivity contribution in [2.75, 3.05) is 99.2 Å². The summed E-state index contributed by atoms with van der Waals surface area (Å²) in [5.74, 6) is 6.18. The quantitative estimate of drug-likeness (QED) is 0.0258. The van der Waals surface area contributed by atoms with Crippen molar-refractivity contribution in [2.24, 2.45) is 23.7 Å². The van der Waals surface area contributed by atoms with Gasteiger partial charge in [-0.3, -0.25) is 24.5 Å². The lowest BCUT2D eigenvalue weighted by molar-refractivity contribution is -0.162. The highest BCUT2D eigenvalue weighted by molar-refractivity contribution is 6.35. The van der Waals surface area contributed by atoms with Crippen LogP contribution >= 0.6 is 11.6 Å². The Labute approximate surface area is 494 Å². The Bertz CT molecular complexity index is 2470. The number of unbranched alkanes of at least 4 members (excludes halogenated alkanes) is 2. The lowest BCUT2D eigenvalue weighted by atomic mass is 9.83. The molecule has 6 rings (SSSR count). The van der Waals surface area contributed by atoms with Gasteiger partial charge in [-0.2, -0.15) is 0 Å². The van der Waals surface area contributed by atoms with E-state index >= 15 is 0 Å². The average Bonchev–Trinajstić information content (AvgIpc) is 3.64. The summed E-state index contributed by atoms with van der Waals surface area (Å²) < 4.78 is 57.2. The summed E-state index contributed by atoms with van der Waals surface area (Å²) in [4.78, 5) is 82.1. The van der Waals surface area contributed by atoms with Crippen LogP contribution < -0.4 is 20.3 Å². The van der Waals surface area contributed by atoms with Crippen LogP contribution in [-0.2, 0) is 73.0 Å². The molecule has 5 aliphatic rings. The van der Waals surface area contributed by atoms with Crippen LogP contribution in [0.2, 0.25) is 5.02 Å². The molecule has 83 heavy (non-hydrogen) atoms. The number of likely N-dealkylation sites (N-methyl/N-ethyl adjacent to an activating group) is 1. The van der Waals surface area contributed by atoms with Crippen molar-refractivity contribution < 1.29 is 81.2 Å². The van der Waals surface area contributed by atoms with Crippen LogP contribution in [0.4, 0.5) is 10.5 Å². The van der Waals surface area contributed by atoms with Gasteiger partial charge in [0.05, 0.1) is 78.2 Å². The Morgan fingerprint density at radius 3 is 2.25 bits per heavy atom. The number of methoxy groups -OCH3 is 2. The molecule has 4 bridgehead atoms. The third-order valence-electron chi connectivity index (χ3n) is 16.4. The smallest absolute Gasteiger partial charge is 0.409 e. The number of epoxide rings is 1. The Morgan fingerprint density at radius 1 is 0.928 bits per heavy atom. The number of carbonyl (C=O) groups excluding carboxylic acids is 6. The number of halogens is 1. The summed E-state index contributed by atoms with van der Waals surface area (Å²) in [6.45, 7) is 10.9.